The van der Waals surface area contributed by atoms with Crippen molar-refractivity contribution in [2.24, 2.45) is 11.7 Å². The zero-order valence-electron chi connectivity index (χ0n) is 12.5. The molecular weight excluding hydrogens is 258 g/mol. The summed E-state index contributed by atoms with van der Waals surface area (Å²) >= 11 is 0. The highest BCUT2D eigenvalue weighted by atomic mass is 16.3. The highest BCUT2D eigenvalue weighted by Gasteiger charge is 2.31. The Morgan fingerprint density at radius 1 is 1.35 bits per heavy atom. The van der Waals surface area contributed by atoms with Crippen molar-refractivity contribution in [1.29, 1.82) is 0 Å². The number of aliphatic hydroxyl groups excluding tert-OH is 1. The smallest absolute Gasteiger partial charge is 0.312 e. The van der Waals surface area contributed by atoms with E-state index >= 15 is 0 Å². The average Bonchev–Trinajstić information content (AvgIpc) is 2.86. The summed E-state index contributed by atoms with van der Waals surface area (Å²) in [6.07, 6.45) is 4.71. The van der Waals surface area contributed by atoms with Gasteiger partial charge in [-0.2, -0.15) is 0 Å². The molecule has 0 bridgehead atoms. The number of carbonyl (C=O) groups excluding carboxylic acids is 2. The first kappa shape index (κ1) is 16.8. The fourth-order valence-electron chi connectivity index (χ4n) is 2.86. The van der Waals surface area contributed by atoms with E-state index in [1.54, 1.807) is 4.90 Å². The standard InChI is InChI=1S/C14H27N3O3/c1-10(2)9-12(16-14(15)20)13(19)17(7-8-18)11-5-3-4-6-11/h10-12,18H,3-9H2,1-2H3,(H3,15,16,20). The summed E-state index contributed by atoms with van der Waals surface area (Å²) in [5.74, 6) is 0.147. The van der Waals surface area contributed by atoms with Gasteiger partial charge in [0, 0.05) is 12.6 Å². The molecule has 0 aromatic rings. The number of aliphatic hydroxyl groups is 1. The fraction of sp³-hybridized carbons (Fsp3) is 0.857. The van der Waals surface area contributed by atoms with Crippen molar-refractivity contribution in [3.8, 4) is 0 Å². The van der Waals surface area contributed by atoms with Gasteiger partial charge < -0.3 is 21.1 Å². The monoisotopic (exact) mass is 285 g/mol. The van der Waals surface area contributed by atoms with Gasteiger partial charge in [0.2, 0.25) is 5.91 Å². The third-order valence-corrected chi connectivity index (χ3v) is 3.71. The van der Waals surface area contributed by atoms with Crippen LogP contribution in [0.25, 0.3) is 0 Å². The van der Waals surface area contributed by atoms with Gasteiger partial charge in [0.05, 0.1) is 6.61 Å². The van der Waals surface area contributed by atoms with Crippen LogP contribution in [0.15, 0.2) is 0 Å². The van der Waals surface area contributed by atoms with Crippen LogP contribution in [0.1, 0.15) is 46.0 Å². The summed E-state index contributed by atoms with van der Waals surface area (Å²) in [6, 6.07) is -1.10. The maximum Gasteiger partial charge on any atom is 0.312 e. The normalized spacial score (nSPS) is 17.2. The third kappa shape index (κ3) is 5.00. The van der Waals surface area contributed by atoms with Crippen LogP contribution in [0.3, 0.4) is 0 Å². The molecule has 0 heterocycles. The summed E-state index contributed by atoms with van der Waals surface area (Å²) in [5.41, 5.74) is 5.16. The lowest BCUT2D eigenvalue weighted by atomic mass is 10.0. The molecule has 0 radical (unpaired) electrons. The van der Waals surface area contributed by atoms with Crippen LogP contribution in [0, 0.1) is 5.92 Å². The molecule has 20 heavy (non-hydrogen) atoms. The van der Waals surface area contributed by atoms with Crippen molar-refractivity contribution < 1.29 is 14.7 Å². The van der Waals surface area contributed by atoms with Crippen LogP contribution < -0.4 is 11.1 Å². The minimum absolute atomic E-state index is 0.0623. The number of nitrogens with two attached hydrogens (primary N) is 1. The highest BCUT2D eigenvalue weighted by molar-refractivity contribution is 5.86. The van der Waals surface area contributed by atoms with Gasteiger partial charge in [0.15, 0.2) is 0 Å². The van der Waals surface area contributed by atoms with E-state index in [1.807, 2.05) is 13.8 Å². The van der Waals surface area contributed by atoms with Crippen LogP contribution >= 0.6 is 0 Å². The lowest BCUT2D eigenvalue weighted by molar-refractivity contribution is -0.136. The van der Waals surface area contributed by atoms with E-state index in [-0.39, 0.29) is 24.5 Å². The van der Waals surface area contributed by atoms with Crippen LogP contribution in [-0.4, -0.2) is 47.2 Å². The van der Waals surface area contributed by atoms with Gasteiger partial charge in [-0.1, -0.05) is 26.7 Å². The Morgan fingerprint density at radius 3 is 2.40 bits per heavy atom. The van der Waals surface area contributed by atoms with E-state index in [2.05, 4.69) is 5.32 Å². The van der Waals surface area contributed by atoms with E-state index < -0.39 is 12.1 Å². The summed E-state index contributed by atoms with van der Waals surface area (Å²) in [7, 11) is 0. The topological polar surface area (TPSA) is 95.7 Å². The molecule has 6 nitrogen and oxygen atoms in total. The maximum absolute atomic E-state index is 12.6. The zero-order chi connectivity index (χ0) is 15.1. The van der Waals surface area contributed by atoms with Gasteiger partial charge in [0.1, 0.15) is 6.04 Å². The fourth-order valence-corrected chi connectivity index (χ4v) is 2.86. The number of carbonyl (C=O) groups is 2. The molecule has 6 heteroatoms. The molecule has 1 fully saturated rings. The Bertz CT molecular complexity index is 328. The molecule has 1 saturated carbocycles. The summed E-state index contributed by atoms with van der Waals surface area (Å²) < 4.78 is 0. The van der Waals surface area contributed by atoms with Crippen LogP contribution in [-0.2, 0) is 4.79 Å². The van der Waals surface area contributed by atoms with Crippen LogP contribution in [0.5, 0.6) is 0 Å². The Hall–Kier alpha value is -1.30. The van der Waals surface area contributed by atoms with Crippen LogP contribution in [0.4, 0.5) is 4.79 Å². The third-order valence-electron chi connectivity index (χ3n) is 3.71. The molecule has 0 aromatic carbocycles. The largest absolute Gasteiger partial charge is 0.395 e. The minimum atomic E-state index is -0.681. The van der Waals surface area contributed by atoms with E-state index in [0.29, 0.717) is 13.0 Å². The lowest BCUT2D eigenvalue weighted by Gasteiger charge is -2.32. The molecule has 3 amide bonds. The molecule has 0 spiro atoms. The van der Waals surface area contributed by atoms with E-state index in [1.165, 1.54) is 0 Å². The summed E-state index contributed by atoms with van der Waals surface area (Å²) in [5, 5.41) is 11.7. The summed E-state index contributed by atoms with van der Waals surface area (Å²) in [4.78, 5) is 25.4. The number of nitrogens with one attached hydrogen (secondary N) is 1. The first-order valence-corrected chi connectivity index (χ1v) is 7.43. The summed E-state index contributed by atoms with van der Waals surface area (Å²) in [6.45, 7) is 4.25. The van der Waals surface area contributed by atoms with Crippen LogP contribution in [0.2, 0.25) is 0 Å². The van der Waals surface area contributed by atoms with E-state index in [4.69, 9.17) is 5.73 Å². The molecule has 0 aromatic heterocycles. The maximum atomic E-state index is 12.6. The number of rotatable bonds is 7. The van der Waals surface area contributed by atoms with Gasteiger partial charge in [-0.25, -0.2) is 4.79 Å². The first-order valence-electron chi connectivity index (χ1n) is 7.43. The number of urea groups is 1. The van der Waals surface area contributed by atoms with Crippen molar-refractivity contribution in [2.45, 2.75) is 58.0 Å². The van der Waals surface area contributed by atoms with Gasteiger partial charge in [-0.15, -0.1) is 0 Å². The van der Waals surface area contributed by atoms with Crippen molar-refractivity contribution >= 4 is 11.9 Å². The predicted molar refractivity (Wildman–Crippen MR) is 77.0 cm³/mol. The lowest BCUT2D eigenvalue weighted by Crippen LogP contribution is -2.53. The quantitative estimate of drug-likeness (QED) is 0.646. The number of nitrogens with zero attached hydrogens (tertiary/aromatic N) is 1. The second kappa shape index (κ2) is 8.09. The molecule has 1 aliphatic carbocycles. The zero-order valence-corrected chi connectivity index (χ0v) is 12.5. The molecule has 1 atom stereocenters. The molecule has 1 unspecified atom stereocenters. The van der Waals surface area contributed by atoms with E-state index in [9.17, 15) is 14.7 Å². The van der Waals surface area contributed by atoms with Gasteiger partial charge in [-0.3, -0.25) is 4.79 Å². The van der Waals surface area contributed by atoms with Gasteiger partial charge >= 0.3 is 6.03 Å². The second-order valence-electron chi connectivity index (χ2n) is 5.88. The number of primary amides is 1. The Kier molecular flexibility index (Phi) is 6.78. The number of amides is 3. The second-order valence-corrected chi connectivity index (χ2v) is 5.88. The molecular formula is C14H27N3O3. The van der Waals surface area contributed by atoms with Gasteiger partial charge in [-0.05, 0) is 25.2 Å². The average molecular weight is 285 g/mol. The van der Waals surface area contributed by atoms with Crippen molar-refractivity contribution in [3.63, 3.8) is 0 Å². The SMILES string of the molecule is CC(C)CC(NC(N)=O)C(=O)N(CCO)C1CCCC1. The molecule has 4 N–H and O–H groups in total. The Morgan fingerprint density at radius 2 is 1.95 bits per heavy atom. The van der Waals surface area contributed by atoms with E-state index in [0.717, 1.165) is 25.7 Å². The highest BCUT2D eigenvalue weighted by Crippen LogP contribution is 2.24. The Labute approximate surface area is 120 Å². The molecule has 1 aliphatic rings. The van der Waals surface area contributed by atoms with Crippen molar-refractivity contribution in [3.05, 3.63) is 0 Å². The molecule has 0 saturated heterocycles. The van der Waals surface area contributed by atoms with Crippen molar-refractivity contribution in [2.75, 3.05) is 13.2 Å². The van der Waals surface area contributed by atoms with Gasteiger partial charge in [0.25, 0.3) is 0 Å². The number of hydrogen-bond acceptors (Lipinski definition) is 3. The molecule has 116 valence electrons. The first-order chi connectivity index (χ1) is 9.45. The molecule has 0 aliphatic heterocycles. The van der Waals surface area contributed by atoms with Crippen molar-refractivity contribution in [1.82, 2.24) is 10.2 Å². The minimum Gasteiger partial charge on any atom is -0.395 e. The predicted octanol–water partition coefficient (Wildman–Crippen LogP) is 0.833. The molecule has 1 rings (SSSR count). The Balaban J connectivity index is 2.78. The number of hydrogen-bond donors (Lipinski definition) is 3.